The van der Waals surface area contributed by atoms with Gasteiger partial charge in [0.05, 0.1) is 5.56 Å². The molecule has 1 aromatic carbocycles. The SMILES string of the molecule is O=Cc1ccc(-c2ncc(C(F)(F)F)cn2)cc1. The highest BCUT2D eigenvalue weighted by molar-refractivity contribution is 5.76. The Bertz CT molecular complexity index is 547. The number of carbonyl (C=O) groups is 1. The topological polar surface area (TPSA) is 42.9 Å². The molecule has 0 radical (unpaired) electrons. The number of alkyl halides is 3. The fraction of sp³-hybridized carbons (Fsp3) is 0.0833. The van der Waals surface area contributed by atoms with Crippen molar-refractivity contribution in [2.24, 2.45) is 0 Å². The van der Waals surface area contributed by atoms with Gasteiger partial charge in [-0.05, 0) is 0 Å². The Kier molecular flexibility index (Phi) is 3.10. The number of halogens is 3. The molecule has 92 valence electrons. The molecule has 0 saturated carbocycles. The zero-order chi connectivity index (χ0) is 13.2. The van der Waals surface area contributed by atoms with Crippen LogP contribution in [0.5, 0.6) is 0 Å². The molecule has 0 bridgehead atoms. The summed E-state index contributed by atoms with van der Waals surface area (Å²) in [6, 6.07) is 6.24. The zero-order valence-electron chi connectivity index (χ0n) is 8.98. The number of hydrogen-bond donors (Lipinski definition) is 0. The minimum Gasteiger partial charge on any atom is -0.298 e. The van der Waals surface area contributed by atoms with Gasteiger partial charge in [-0.25, -0.2) is 9.97 Å². The number of hydrogen-bond acceptors (Lipinski definition) is 3. The van der Waals surface area contributed by atoms with Gasteiger partial charge in [0.15, 0.2) is 5.82 Å². The number of rotatable bonds is 2. The van der Waals surface area contributed by atoms with E-state index < -0.39 is 11.7 Å². The highest BCUT2D eigenvalue weighted by Crippen LogP contribution is 2.28. The molecule has 0 aliphatic heterocycles. The molecule has 2 aromatic rings. The van der Waals surface area contributed by atoms with Crippen LogP contribution in [0.1, 0.15) is 15.9 Å². The van der Waals surface area contributed by atoms with Crippen LogP contribution in [-0.2, 0) is 6.18 Å². The second-order valence-corrected chi connectivity index (χ2v) is 3.53. The molecule has 0 fully saturated rings. The summed E-state index contributed by atoms with van der Waals surface area (Å²) < 4.78 is 36.9. The summed E-state index contributed by atoms with van der Waals surface area (Å²) in [6.07, 6.45) is -2.30. The molecule has 0 atom stereocenters. The third-order valence-corrected chi connectivity index (χ3v) is 2.28. The van der Waals surface area contributed by atoms with Crippen LogP contribution < -0.4 is 0 Å². The van der Waals surface area contributed by atoms with Crippen LogP contribution in [0.4, 0.5) is 13.2 Å². The minimum atomic E-state index is -4.44. The molecule has 0 amide bonds. The summed E-state index contributed by atoms with van der Waals surface area (Å²) in [5.41, 5.74) is 0.135. The second-order valence-electron chi connectivity index (χ2n) is 3.53. The monoisotopic (exact) mass is 252 g/mol. The van der Waals surface area contributed by atoms with Crippen LogP contribution in [0.3, 0.4) is 0 Å². The molecule has 0 N–H and O–H groups in total. The lowest BCUT2D eigenvalue weighted by molar-refractivity contribution is -0.138. The number of nitrogens with zero attached hydrogens (tertiary/aromatic N) is 2. The number of aromatic nitrogens is 2. The molecule has 0 spiro atoms. The van der Waals surface area contributed by atoms with Gasteiger partial charge in [-0.2, -0.15) is 13.2 Å². The van der Waals surface area contributed by atoms with Crippen molar-refractivity contribution in [3.8, 4) is 11.4 Å². The Morgan fingerprint density at radius 3 is 2.00 bits per heavy atom. The first-order valence-electron chi connectivity index (χ1n) is 4.95. The van der Waals surface area contributed by atoms with Gasteiger partial charge in [0.25, 0.3) is 0 Å². The molecule has 0 aliphatic carbocycles. The van der Waals surface area contributed by atoms with E-state index in [4.69, 9.17) is 0 Å². The number of aldehydes is 1. The van der Waals surface area contributed by atoms with Gasteiger partial charge >= 0.3 is 6.18 Å². The molecule has 0 aliphatic rings. The first-order valence-corrected chi connectivity index (χ1v) is 4.95. The van der Waals surface area contributed by atoms with Gasteiger partial charge < -0.3 is 0 Å². The van der Waals surface area contributed by atoms with Gasteiger partial charge in [-0.3, -0.25) is 4.79 Å². The van der Waals surface area contributed by atoms with E-state index in [1.165, 1.54) is 0 Å². The molecular formula is C12H7F3N2O. The highest BCUT2D eigenvalue weighted by atomic mass is 19.4. The number of benzene rings is 1. The van der Waals surface area contributed by atoms with Crippen molar-refractivity contribution in [1.82, 2.24) is 9.97 Å². The molecule has 0 saturated heterocycles. The van der Waals surface area contributed by atoms with Crippen molar-refractivity contribution < 1.29 is 18.0 Å². The summed E-state index contributed by atoms with van der Waals surface area (Å²) >= 11 is 0. The molecular weight excluding hydrogens is 245 g/mol. The Morgan fingerprint density at radius 1 is 1.00 bits per heavy atom. The fourth-order valence-electron chi connectivity index (χ4n) is 1.33. The molecule has 3 nitrogen and oxygen atoms in total. The molecule has 18 heavy (non-hydrogen) atoms. The predicted molar refractivity (Wildman–Crippen MR) is 57.9 cm³/mol. The van der Waals surface area contributed by atoms with Crippen molar-refractivity contribution in [2.45, 2.75) is 6.18 Å². The van der Waals surface area contributed by atoms with Gasteiger partial charge in [0.1, 0.15) is 6.29 Å². The van der Waals surface area contributed by atoms with Crippen molar-refractivity contribution in [2.75, 3.05) is 0 Å². The average Bonchev–Trinajstić information content (AvgIpc) is 2.38. The molecule has 2 rings (SSSR count). The molecule has 1 aromatic heterocycles. The van der Waals surface area contributed by atoms with Crippen LogP contribution in [0.2, 0.25) is 0 Å². The summed E-state index contributed by atoms with van der Waals surface area (Å²) in [4.78, 5) is 17.8. The van der Waals surface area contributed by atoms with Gasteiger partial charge in [-0.15, -0.1) is 0 Å². The average molecular weight is 252 g/mol. The Morgan fingerprint density at radius 2 is 1.56 bits per heavy atom. The maximum atomic E-state index is 12.3. The maximum Gasteiger partial charge on any atom is 0.419 e. The summed E-state index contributed by atoms with van der Waals surface area (Å²) in [7, 11) is 0. The predicted octanol–water partition coefficient (Wildman–Crippen LogP) is 2.97. The van der Waals surface area contributed by atoms with E-state index >= 15 is 0 Å². The maximum absolute atomic E-state index is 12.3. The summed E-state index contributed by atoms with van der Waals surface area (Å²) in [5, 5.41) is 0. The largest absolute Gasteiger partial charge is 0.419 e. The van der Waals surface area contributed by atoms with Crippen LogP contribution >= 0.6 is 0 Å². The van der Waals surface area contributed by atoms with Gasteiger partial charge in [-0.1, -0.05) is 24.3 Å². The van der Waals surface area contributed by atoms with E-state index in [-0.39, 0.29) is 5.82 Å². The molecule has 1 heterocycles. The summed E-state index contributed by atoms with van der Waals surface area (Å²) in [6.45, 7) is 0. The van der Waals surface area contributed by atoms with Crippen molar-refractivity contribution in [1.29, 1.82) is 0 Å². The van der Waals surface area contributed by atoms with E-state index in [2.05, 4.69) is 9.97 Å². The van der Waals surface area contributed by atoms with Gasteiger partial charge in [0.2, 0.25) is 0 Å². The first kappa shape index (κ1) is 12.2. The number of carbonyl (C=O) groups excluding carboxylic acids is 1. The lowest BCUT2D eigenvalue weighted by Gasteiger charge is -2.06. The smallest absolute Gasteiger partial charge is 0.298 e. The van der Waals surface area contributed by atoms with E-state index in [1.54, 1.807) is 24.3 Å². The van der Waals surface area contributed by atoms with E-state index in [0.717, 1.165) is 12.4 Å². The highest BCUT2D eigenvalue weighted by Gasteiger charge is 2.31. The van der Waals surface area contributed by atoms with Crippen LogP contribution in [-0.4, -0.2) is 16.3 Å². The van der Waals surface area contributed by atoms with E-state index in [1.807, 2.05) is 0 Å². The first-order chi connectivity index (χ1) is 8.50. The van der Waals surface area contributed by atoms with Crippen LogP contribution in [0.25, 0.3) is 11.4 Å². The lowest BCUT2D eigenvalue weighted by Crippen LogP contribution is -2.06. The molecule has 0 unspecified atom stereocenters. The second kappa shape index (κ2) is 4.56. The third-order valence-electron chi connectivity index (χ3n) is 2.28. The lowest BCUT2D eigenvalue weighted by atomic mass is 10.1. The van der Waals surface area contributed by atoms with E-state index in [9.17, 15) is 18.0 Å². The van der Waals surface area contributed by atoms with Crippen LogP contribution in [0.15, 0.2) is 36.7 Å². The Balaban J connectivity index is 2.31. The molecule has 6 heteroatoms. The minimum absolute atomic E-state index is 0.181. The Hall–Kier alpha value is -2.24. The zero-order valence-corrected chi connectivity index (χ0v) is 8.98. The standard InChI is InChI=1S/C12H7F3N2O/c13-12(14,15)10-5-16-11(17-6-10)9-3-1-8(7-18)2-4-9/h1-7H. The third kappa shape index (κ3) is 2.53. The van der Waals surface area contributed by atoms with E-state index in [0.29, 0.717) is 17.4 Å². The van der Waals surface area contributed by atoms with Crippen molar-refractivity contribution >= 4 is 6.29 Å². The normalized spacial score (nSPS) is 11.3. The van der Waals surface area contributed by atoms with Gasteiger partial charge in [0, 0.05) is 23.5 Å². The Labute approximate surface area is 100 Å². The fourth-order valence-corrected chi connectivity index (χ4v) is 1.33. The van der Waals surface area contributed by atoms with Crippen LogP contribution in [0, 0.1) is 0 Å². The summed E-state index contributed by atoms with van der Waals surface area (Å²) in [5.74, 6) is 0.181. The quantitative estimate of drug-likeness (QED) is 0.771. The van der Waals surface area contributed by atoms with Crippen molar-refractivity contribution in [3.05, 3.63) is 47.8 Å². The van der Waals surface area contributed by atoms with Crippen molar-refractivity contribution in [3.63, 3.8) is 0 Å².